The van der Waals surface area contributed by atoms with Gasteiger partial charge in [-0.15, -0.1) is 0 Å². The second-order valence-electron chi connectivity index (χ2n) is 3.30. The number of aromatic carboxylic acids is 1. The van der Waals surface area contributed by atoms with E-state index in [0.29, 0.717) is 5.75 Å². The zero-order valence-corrected chi connectivity index (χ0v) is 7.37. The molecule has 0 heterocycles. The first-order chi connectivity index (χ1) is 6.65. The Labute approximate surface area is 80.1 Å². The molecular formula is C10H9FO3. The quantitative estimate of drug-likeness (QED) is 0.804. The van der Waals surface area contributed by atoms with Crippen molar-refractivity contribution < 1.29 is 19.0 Å². The summed E-state index contributed by atoms with van der Waals surface area (Å²) in [4.78, 5) is 10.6. The number of halogens is 1. The molecule has 1 N–H and O–H groups in total. The number of ether oxygens (including phenoxy) is 1. The summed E-state index contributed by atoms with van der Waals surface area (Å²) >= 11 is 0. The van der Waals surface area contributed by atoms with Crippen molar-refractivity contribution >= 4 is 5.97 Å². The van der Waals surface area contributed by atoms with Crippen molar-refractivity contribution in [3.8, 4) is 5.75 Å². The summed E-state index contributed by atoms with van der Waals surface area (Å²) in [5.41, 5.74) is -0.0827. The van der Waals surface area contributed by atoms with Gasteiger partial charge in [0.2, 0.25) is 0 Å². The molecule has 1 aromatic carbocycles. The fourth-order valence-electron chi connectivity index (χ4n) is 1.13. The maximum atomic E-state index is 12.9. The molecule has 0 atom stereocenters. The third-order valence-electron chi connectivity index (χ3n) is 1.95. The van der Waals surface area contributed by atoms with Crippen LogP contribution in [0.1, 0.15) is 23.2 Å². The first-order valence-corrected chi connectivity index (χ1v) is 4.36. The number of carboxylic acid groups (broad SMARTS) is 1. The highest BCUT2D eigenvalue weighted by molar-refractivity contribution is 5.88. The van der Waals surface area contributed by atoms with E-state index in [4.69, 9.17) is 9.84 Å². The lowest BCUT2D eigenvalue weighted by Crippen LogP contribution is -2.01. The van der Waals surface area contributed by atoms with E-state index in [1.54, 1.807) is 0 Å². The van der Waals surface area contributed by atoms with Crippen LogP contribution >= 0.6 is 0 Å². The molecule has 0 amide bonds. The molecule has 1 saturated carbocycles. The van der Waals surface area contributed by atoms with E-state index in [2.05, 4.69) is 0 Å². The number of carbonyl (C=O) groups is 1. The number of benzene rings is 1. The lowest BCUT2D eigenvalue weighted by molar-refractivity contribution is 0.0695. The highest BCUT2D eigenvalue weighted by Crippen LogP contribution is 2.27. The Morgan fingerprint density at radius 1 is 1.43 bits per heavy atom. The number of hydrogen-bond acceptors (Lipinski definition) is 2. The van der Waals surface area contributed by atoms with Gasteiger partial charge in [-0.05, 0) is 25.0 Å². The molecular weight excluding hydrogens is 187 g/mol. The Morgan fingerprint density at radius 3 is 2.71 bits per heavy atom. The van der Waals surface area contributed by atoms with E-state index in [1.165, 1.54) is 12.1 Å². The van der Waals surface area contributed by atoms with Crippen LogP contribution in [0.4, 0.5) is 4.39 Å². The van der Waals surface area contributed by atoms with Crippen LogP contribution in [-0.4, -0.2) is 17.2 Å². The minimum absolute atomic E-state index is 0.0827. The Kier molecular flexibility index (Phi) is 2.11. The standard InChI is InChI=1S/C10H9FO3/c11-7-3-6(10(12)13)4-9(5-7)14-8-1-2-8/h3-5,8H,1-2H2,(H,12,13). The molecule has 4 heteroatoms. The normalized spacial score (nSPS) is 15.2. The predicted octanol–water partition coefficient (Wildman–Crippen LogP) is 2.07. The molecule has 1 fully saturated rings. The molecule has 3 nitrogen and oxygen atoms in total. The van der Waals surface area contributed by atoms with Crippen molar-refractivity contribution in [1.29, 1.82) is 0 Å². The van der Waals surface area contributed by atoms with Gasteiger partial charge in [-0.2, -0.15) is 0 Å². The van der Waals surface area contributed by atoms with Gasteiger partial charge in [0.25, 0.3) is 0 Å². The molecule has 0 bridgehead atoms. The van der Waals surface area contributed by atoms with Crippen molar-refractivity contribution in [3.05, 3.63) is 29.6 Å². The molecule has 2 rings (SSSR count). The molecule has 0 radical (unpaired) electrons. The van der Waals surface area contributed by atoms with E-state index < -0.39 is 11.8 Å². The van der Waals surface area contributed by atoms with E-state index in [9.17, 15) is 9.18 Å². The van der Waals surface area contributed by atoms with Crippen LogP contribution in [0.2, 0.25) is 0 Å². The zero-order valence-electron chi connectivity index (χ0n) is 7.37. The largest absolute Gasteiger partial charge is 0.490 e. The molecule has 0 aromatic heterocycles. The van der Waals surface area contributed by atoms with E-state index in [0.717, 1.165) is 18.9 Å². The molecule has 0 unspecified atom stereocenters. The molecule has 0 aliphatic heterocycles. The maximum absolute atomic E-state index is 12.9. The lowest BCUT2D eigenvalue weighted by Gasteiger charge is -2.05. The van der Waals surface area contributed by atoms with Gasteiger partial charge in [0.1, 0.15) is 11.6 Å². The number of carboxylic acids is 1. The summed E-state index contributed by atoms with van der Waals surface area (Å²) < 4.78 is 18.2. The van der Waals surface area contributed by atoms with Gasteiger partial charge < -0.3 is 9.84 Å². The average Bonchev–Trinajstić information content (AvgIpc) is 2.87. The van der Waals surface area contributed by atoms with Crippen molar-refractivity contribution in [1.82, 2.24) is 0 Å². The summed E-state index contributed by atoms with van der Waals surface area (Å²) in [7, 11) is 0. The fraction of sp³-hybridized carbons (Fsp3) is 0.300. The molecule has 14 heavy (non-hydrogen) atoms. The van der Waals surface area contributed by atoms with E-state index in [1.807, 2.05) is 0 Å². The van der Waals surface area contributed by atoms with Crippen molar-refractivity contribution in [2.24, 2.45) is 0 Å². The summed E-state index contributed by atoms with van der Waals surface area (Å²) in [5, 5.41) is 8.66. The molecule has 0 spiro atoms. The molecule has 1 aliphatic carbocycles. The summed E-state index contributed by atoms with van der Waals surface area (Å²) in [6.45, 7) is 0. The lowest BCUT2D eigenvalue weighted by atomic mass is 10.2. The highest BCUT2D eigenvalue weighted by Gasteiger charge is 2.24. The Hall–Kier alpha value is -1.58. The molecule has 74 valence electrons. The topological polar surface area (TPSA) is 46.5 Å². The molecule has 0 saturated heterocycles. The smallest absolute Gasteiger partial charge is 0.335 e. The number of rotatable bonds is 3. The number of hydrogen-bond donors (Lipinski definition) is 1. The molecule has 1 aliphatic rings. The van der Waals surface area contributed by atoms with Gasteiger partial charge in [0, 0.05) is 6.07 Å². The van der Waals surface area contributed by atoms with Crippen LogP contribution in [0, 0.1) is 5.82 Å². The summed E-state index contributed by atoms with van der Waals surface area (Å²) in [6, 6.07) is 3.51. The third kappa shape index (κ3) is 2.02. The van der Waals surface area contributed by atoms with Gasteiger partial charge in [-0.3, -0.25) is 0 Å². The van der Waals surface area contributed by atoms with Crippen LogP contribution in [-0.2, 0) is 0 Å². The van der Waals surface area contributed by atoms with Crippen LogP contribution in [0.15, 0.2) is 18.2 Å². The third-order valence-corrected chi connectivity index (χ3v) is 1.95. The van der Waals surface area contributed by atoms with E-state index >= 15 is 0 Å². The summed E-state index contributed by atoms with van der Waals surface area (Å²) in [6.07, 6.45) is 2.05. The minimum Gasteiger partial charge on any atom is -0.490 e. The minimum atomic E-state index is -1.15. The van der Waals surface area contributed by atoms with Crippen LogP contribution in [0.3, 0.4) is 0 Å². The van der Waals surface area contributed by atoms with Gasteiger partial charge in [0.15, 0.2) is 0 Å². The van der Waals surface area contributed by atoms with Gasteiger partial charge in [-0.25, -0.2) is 9.18 Å². The SMILES string of the molecule is O=C(O)c1cc(F)cc(OC2CC2)c1. The van der Waals surface area contributed by atoms with Crippen molar-refractivity contribution in [3.63, 3.8) is 0 Å². The van der Waals surface area contributed by atoms with Crippen LogP contribution in [0.25, 0.3) is 0 Å². The maximum Gasteiger partial charge on any atom is 0.335 e. The first-order valence-electron chi connectivity index (χ1n) is 4.36. The fourth-order valence-corrected chi connectivity index (χ4v) is 1.13. The second-order valence-corrected chi connectivity index (χ2v) is 3.30. The van der Waals surface area contributed by atoms with Gasteiger partial charge >= 0.3 is 5.97 Å². The van der Waals surface area contributed by atoms with Gasteiger partial charge in [0.05, 0.1) is 11.7 Å². The Balaban J connectivity index is 2.25. The Bertz CT molecular complexity index is 372. The van der Waals surface area contributed by atoms with Crippen molar-refractivity contribution in [2.45, 2.75) is 18.9 Å². The highest BCUT2D eigenvalue weighted by atomic mass is 19.1. The zero-order chi connectivity index (χ0) is 10.1. The van der Waals surface area contributed by atoms with E-state index in [-0.39, 0.29) is 11.7 Å². The average molecular weight is 196 g/mol. The second kappa shape index (κ2) is 3.29. The Morgan fingerprint density at radius 2 is 2.14 bits per heavy atom. The van der Waals surface area contributed by atoms with Crippen LogP contribution in [0.5, 0.6) is 5.75 Å². The monoisotopic (exact) mass is 196 g/mol. The summed E-state index contributed by atoms with van der Waals surface area (Å²) in [5.74, 6) is -1.43. The van der Waals surface area contributed by atoms with Gasteiger partial charge in [-0.1, -0.05) is 0 Å². The van der Waals surface area contributed by atoms with Crippen LogP contribution < -0.4 is 4.74 Å². The van der Waals surface area contributed by atoms with Crippen molar-refractivity contribution in [2.75, 3.05) is 0 Å². The predicted molar refractivity (Wildman–Crippen MR) is 47.0 cm³/mol. The first kappa shape index (κ1) is 8.99. The molecule has 1 aromatic rings.